The Labute approximate surface area is 124 Å². The number of rotatable bonds is 6. The molecule has 0 bridgehead atoms. The van der Waals surface area contributed by atoms with E-state index in [1.807, 2.05) is 6.92 Å². The number of carbonyl (C=O) groups is 1. The highest BCUT2D eigenvalue weighted by Crippen LogP contribution is 2.30. The molecule has 7 heteroatoms. The third-order valence-electron chi connectivity index (χ3n) is 3.58. The molecule has 116 valence electrons. The molecule has 0 aromatic heterocycles. The van der Waals surface area contributed by atoms with Gasteiger partial charge in [0.25, 0.3) is 0 Å². The zero-order chi connectivity index (χ0) is 15.5. The van der Waals surface area contributed by atoms with E-state index in [2.05, 4.69) is 4.72 Å². The third-order valence-corrected chi connectivity index (χ3v) is 5.24. The van der Waals surface area contributed by atoms with Gasteiger partial charge in [-0.05, 0) is 44.0 Å². The molecule has 1 saturated carbocycles. The number of hydrogen-bond donors (Lipinski definition) is 2. The molecule has 0 unspecified atom stereocenters. The fraction of sp³-hybridized carbons (Fsp3) is 0.500. The molecule has 2 N–H and O–H groups in total. The van der Waals surface area contributed by atoms with E-state index in [0.29, 0.717) is 5.75 Å². The van der Waals surface area contributed by atoms with Crippen molar-refractivity contribution < 1.29 is 23.1 Å². The van der Waals surface area contributed by atoms with Gasteiger partial charge in [-0.1, -0.05) is 12.8 Å². The number of carboxylic acids is 1. The fourth-order valence-corrected chi connectivity index (χ4v) is 3.97. The van der Waals surface area contributed by atoms with Crippen molar-refractivity contribution >= 4 is 16.0 Å². The Morgan fingerprint density at radius 2 is 1.86 bits per heavy atom. The molecule has 1 aliphatic carbocycles. The Hall–Kier alpha value is -1.60. The first kappa shape index (κ1) is 15.8. The van der Waals surface area contributed by atoms with Gasteiger partial charge in [-0.25, -0.2) is 17.9 Å². The first-order valence-electron chi connectivity index (χ1n) is 6.79. The molecule has 0 aliphatic heterocycles. The molecule has 1 fully saturated rings. The number of sulfonamides is 1. The maximum atomic E-state index is 12.3. The van der Waals surface area contributed by atoms with Crippen molar-refractivity contribution in [3.63, 3.8) is 0 Å². The maximum absolute atomic E-state index is 12.3. The van der Waals surface area contributed by atoms with E-state index in [1.54, 1.807) is 0 Å². The van der Waals surface area contributed by atoms with Crippen LogP contribution in [0, 0.1) is 0 Å². The Morgan fingerprint density at radius 1 is 1.29 bits per heavy atom. The molecule has 2 rings (SSSR count). The number of hydrogen-bond acceptors (Lipinski definition) is 4. The topological polar surface area (TPSA) is 92.7 Å². The average molecular weight is 313 g/mol. The Balaban J connectivity index is 2.08. The van der Waals surface area contributed by atoms with Crippen molar-refractivity contribution in [3.05, 3.63) is 24.3 Å². The van der Waals surface area contributed by atoms with Gasteiger partial charge in [-0.3, -0.25) is 0 Å². The van der Waals surface area contributed by atoms with Gasteiger partial charge in [-0.2, -0.15) is 0 Å². The lowest BCUT2D eigenvalue weighted by molar-refractivity contribution is -0.139. The summed E-state index contributed by atoms with van der Waals surface area (Å²) in [5.41, 5.74) is -0.378. The molecule has 1 aromatic carbocycles. The molecule has 0 heterocycles. The number of ether oxygens (including phenoxy) is 1. The zero-order valence-corrected chi connectivity index (χ0v) is 12.6. The van der Waals surface area contributed by atoms with Crippen molar-refractivity contribution in [1.82, 2.24) is 4.72 Å². The predicted molar refractivity (Wildman–Crippen MR) is 76.8 cm³/mol. The SMILES string of the molecule is CC1(NS(=O)(=O)c2ccc(OCC(=O)O)cc2)CCCC1. The van der Waals surface area contributed by atoms with Gasteiger partial charge in [0.1, 0.15) is 5.75 Å². The van der Waals surface area contributed by atoms with E-state index in [0.717, 1.165) is 25.7 Å². The molecule has 0 atom stereocenters. The van der Waals surface area contributed by atoms with Crippen molar-refractivity contribution in [2.24, 2.45) is 0 Å². The van der Waals surface area contributed by atoms with E-state index in [1.165, 1.54) is 24.3 Å². The maximum Gasteiger partial charge on any atom is 0.341 e. The summed E-state index contributed by atoms with van der Waals surface area (Å²) in [6, 6.07) is 5.73. The minimum Gasteiger partial charge on any atom is -0.482 e. The minimum absolute atomic E-state index is 0.151. The summed E-state index contributed by atoms with van der Waals surface area (Å²) in [5.74, 6) is -0.758. The first-order valence-corrected chi connectivity index (χ1v) is 8.28. The van der Waals surface area contributed by atoms with Crippen molar-refractivity contribution in [2.75, 3.05) is 6.61 Å². The van der Waals surface area contributed by atoms with Crippen LogP contribution in [0.25, 0.3) is 0 Å². The average Bonchev–Trinajstić information content (AvgIpc) is 2.82. The highest BCUT2D eigenvalue weighted by atomic mass is 32.2. The van der Waals surface area contributed by atoms with Crippen molar-refractivity contribution in [2.45, 2.75) is 43.0 Å². The van der Waals surface area contributed by atoms with Crippen molar-refractivity contribution in [3.8, 4) is 5.75 Å². The smallest absolute Gasteiger partial charge is 0.341 e. The number of carboxylic acid groups (broad SMARTS) is 1. The molecular formula is C14H19NO5S. The Kier molecular flexibility index (Phi) is 4.53. The molecule has 0 amide bonds. The van der Waals surface area contributed by atoms with Gasteiger partial charge in [0.15, 0.2) is 6.61 Å². The zero-order valence-electron chi connectivity index (χ0n) is 11.8. The van der Waals surface area contributed by atoms with Crippen LogP contribution in [0.1, 0.15) is 32.6 Å². The Bertz CT molecular complexity index is 603. The van der Waals surface area contributed by atoms with Gasteiger partial charge in [0.2, 0.25) is 10.0 Å². The lowest BCUT2D eigenvalue weighted by atomic mass is 10.0. The van der Waals surface area contributed by atoms with Crippen LogP contribution in [-0.4, -0.2) is 31.6 Å². The van der Waals surface area contributed by atoms with Crippen LogP contribution in [0.4, 0.5) is 0 Å². The first-order chi connectivity index (χ1) is 9.81. The van der Waals surface area contributed by atoms with Crippen LogP contribution < -0.4 is 9.46 Å². The standard InChI is InChI=1S/C14H19NO5S/c1-14(8-2-3-9-14)15-21(18,19)12-6-4-11(5-7-12)20-10-13(16)17/h4-7,15H,2-3,8-10H2,1H3,(H,16,17). The van der Waals surface area contributed by atoms with Gasteiger partial charge >= 0.3 is 5.97 Å². The lowest BCUT2D eigenvalue weighted by Crippen LogP contribution is -2.43. The lowest BCUT2D eigenvalue weighted by Gasteiger charge is -2.24. The van der Waals surface area contributed by atoms with E-state index < -0.39 is 22.6 Å². The summed E-state index contributed by atoms with van der Waals surface area (Å²) in [7, 11) is -3.57. The van der Waals surface area contributed by atoms with E-state index in [9.17, 15) is 13.2 Å². The normalized spacial score (nSPS) is 17.6. The second kappa shape index (κ2) is 6.03. The van der Waals surface area contributed by atoms with Gasteiger partial charge in [0.05, 0.1) is 4.90 Å². The van der Waals surface area contributed by atoms with Crippen LogP contribution in [0.5, 0.6) is 5.75 Å². The largest absolute Gasteiger partial charge is 0.482 e. The molecule has 21 heavy (non-hydrogen) atoms. The molecule has 1 aromatic rings. The molecule has 6 nitrogen and oxygen atoms in total. The van der Waals surface area contributed by atoms with Gasteiger partial charge in [-0.15, -0.1) is 0 Å². The second-order valence-electron chi connectivity index (χ2n) is 5.53. The van der Waals surface area contributed by atoms with E-state index >= 15 is 0 Å². The van der Waals surface area contributed by atoms with Crippen molar-refractivity contribution in [1.29, 1.82) is 0 Å². The molecule has 0 spiro atoms. The van der Waals surface area contributed by atoms with Gasteiger partial charge in [0, 0.05) is 5.54 Å². The van der Waals surface area contributed by atoms with Crippen LogP contribution in [-0.2, 0) is 14.8 Å². The number of nitrogens with one attached hydrogen (secondary N) is 1. The summed E-state index contributed by atoms with van der Waals surface area (Å²) in [4.78, 5) is 10.5. The van der Waals surface area contributed by atoms with Crippen LogP contribution in [0.2, 0.25) is 0 Å². The number of aliphatic carboxylic acids is 1. The summed E-state index contributed by atoms with van der Waals surface area (Å²) in [6.45, 7) is 1.46. The van der Waals surface area contributed by atoms with Gasteiger partial charge < -0.3 is 9.84 Å². The predicted octanol–water partition coefficient (Wildman–Crippen LogP) is 1.76. The number of benzene rings is 1. The highest BCUT2D eigenvalue weighted by Gasteiger charge is 2.33. The molecule has 0 radical (unpaired) electrons. The summed E-state index contributed by atoms with van der Waals surface area (Å²) >= 11 is 0. The molecule has 1 aliphatic rings. The van der Waals surface area contributed by atoms with Crippen LogP contribution in [0.15, 0.2) is 29.2 Å². The second-order valence-corrected chi connectivity index (χ2v) is 7.21. The molecule has 0 saturated heterocycles. The van der Waals surface area contributed by atoms with E-state index in [4.69, 9.17) is 9.84 Å². The minimum atomic E-state index is -3.57. The monoisotopic (exact) mass is 313 g/mol. The Morgan fingerprint density at radius 3 is 2.38 bits per heavy atom. The highest BCUT2D eigenvalue weighted by molar-refractivity contribution is 7.89. The van der Waals surface area contributed by atoms with Crippen LogP contribution >= 0.6 is 0 Å². The summed E-state index contributed by atoms with van der Waals surface area (Å²) in [5, 5.41) is 8.52. The van der Waals surface area contributed by atoms with E-state index in [-0.39, 0.29) is 10.4 Å². The molecular weight excluding hydrogens is 294 g/mol. The fourth-order valence-electron chi connectivity index (χ4n) is 2.50. The summed E-state index contributed by atoms with van der Waals surface area (Å²) in [6.07, 6.45) is 3.74. The van der Waals surface area contributed by atoms with Crippen LogP contribution in [0.3, 0.4) is 0 Å². The summed E-state index contributed by atoms with van der Waals surface area (Å²) < 4.78 is 32.4. The third kappa shape index (κ3) is 4.18. The quantitative estimate of drug-likeness (QED) is 0.835.